The third kappa shape index (κ3) is 11.0. The molecule has 0 aliphatic carbocycles. The van der Waals surface area contributed by atoms with Crippen LogP contribution >= 0.6 is 0 Å². The number of rotatable bonds is 6. The second-order valence-corrected chi connectivity index (χ2v) is 8.16. The second kappa shape index (κ2) is 6.38. The molecule has 0 amide bonds. The molecule has 0 fully saturated rings. The standard InChI is InChI=1S/C16H34O2/c1-13(12-14(2,3)4)18-16(8,9)10-11-17-15(5,6)7/h13H,10-12H2,1-9H3. The highest BCUT2D eigenvalue weighted by Crippen LogP contribution is 2.26. The lowest BCUT2D eigenvalue weighted by atomic mass is 9.89. The Kier molecular flexibility index (Phi) is 6.35. The minimum absolute atomic E-state index is 0.0624. The second-order valence-electron chi connectivity index (χ2n) is 8.16. The molecule has 0 rings (SSSR count). The Morgan fingerprint density at radius 2 is 1.39 bits per heavy atom. The number of ether oxygens (including phenoxy) is 2. The summed E-state index contributed by atoms with van der Waals surface area (Å²) in [6.45, 7) is 20.2. The van der Waals surface area contributed by atoms with E-state index in [0.29, 0.717) is 5.41 Å². The van der Waals surface area contributed by atoms with Crippen molar-refractivity contribution in [2.24, 2.45) is 5.41 Å². The third-order valence-corrected chi connectivity index (χ3v) is 2.66. The predicted molar refractivity (Wildman–Crippen MR) is 79.0 cm³/mol. The lowest BCUT2D eigenvalue weighted by Gasteiger charge is -2.33. The third-order valence-electron chi connectivity index (χ3n) is 2.66. The van der Waals surface area contributed by atoms with Crippen molar-refractivity contribution in [1.29, 1.82) is 0 Å². The zero-order valence-corrected chi connectivity index (χ0v) is 14.0. The molecule has 110 valence electrons. The molecule has 0 aliphatic rings. The van der Waals surface area contributed by atoms with Gasteiger partial charge in [-0.1, -0.05) is 20.8 Å². The fourth-order valence-electron chi connectivity index (χ4n) is 2.11. The quantitative estimate of drug-likeness (QED) is 0.680. The Bertz CT molecular complexity index is 230. The Hall–Kier alpha value is -0.0800. The summed E-state index contributed by atoms with van der Waals surface area (Å²) in [6, 6.07) is 0. The molecular formula is C16H34O2. The normalized spacial score (nSPS) is 15.8. The van der Waals surface area contributed by atoms with Crippen LogP contribution in [-0.4, -0.2) is 23.9 Å². The first kappa shape index (κ1) is 17.9. The molecule has 0 bridgehead atoms. The molecule has 0 aromatic rings. The summed E-state index contributed by atoms with van der Waals surface area (Å²) < 4.78 is 11.9. The van der Waals surface area contributed by atoms with Crippen molar-refractivity contribution >= 4 is 0 Å². The summed E-state index contributed by atoms with van der Waals surface area (Å²) in [5.41, 5.74) is 0.139. The molecular weight excluding hydrogens is 224 g/mol. The van der Waals surface area contributed by atoms with Crippen LogP contribution in [0.5, 0.6) is 0 Å². The van der Waals surface area contributed by atoms with Gasteiger partial charge < -0.3 is 9.47 Å². The van der Waals surface area contributed by atoms with Crippen molar-refractivity contribution in [1.82, 2.24) is 0 Å². The van der Waals surface area contributed by atoms with Crippen molar-refractivity contribution in [2.75, 3.05) is 6.61 Å². The molecule has 1 unspecified atom stereocenters. The van der Waals surface area contributed by atoms with E-state index in [4.69, 9.17) is 9.47 Å². The summed E-state index contributed by atoms with van der Waals surface area (Å²) >= 11 is 0. The molecule has 0 N–H and O–H groups in total. The van der Waals surface area contributed by atoms with Gasteiger partial charge in [0, 0.05) is 6.61 Å². The van der Waals surface area contributed by atoms with Gasteiger partial charge in [0.25, 0.3) is 0 Å². The minimum atomic E-state index is -0.115. The van der Waals surface area contributed by atoms with E-state index in [1.165, 1.54) is 0 Å². The van der Waals surface area contributed by atoms with E-state index in [0.717, 1.165) is 19.4 Å². The molecule has 0 aromatic carbocycles. The Morgan fingerprint density at radius 1 is 0.889 bits per heavy atom. The van der Waals surface area contributed by atoms with Gasteiger partial charge in [0.1, 0.15) is 0 Å². The SMILES string of the molecule is CC(CC(C)(C)C)OC(C)(C)CCOC(C)(C)C. The van der Waals surface area contributed by atoms with Gasteiger partial charge in [0.05, 0.1) is 17.3 Å². The van der Waals surface area contributed by atoms with Crippen molar-refractivity contribution in [3.05, 3.63) is 0 Å². The highest BCUT2D eigenvalue weighted by molar-refractivity contribution is 4.74. The monoisotopic (exact) mass is 258 g/mol. The summed E-state index contributed by atoms with van der Waals surface area (Å²) in [4.78, 5) is 0. The molecule has 0 spiro atoms. The van der Waals surface area contributed by atoms with Gasteiger partial charge in [-0.05, 0) is 59.8 Å². The molecule has 0 aromatic heterocycles. The summed E-state index contributed by atoms with van der Waals surface area (Å²) in [7, 11) is 0. The van der Waals surface area contributed by atoms with Crippen LogP contribution in [0.1, 0.15) is 75.2 Å². The average Bonchev–Trinajstić information content (AvgIpc) is 1.93. The first-order valence-electron chi connectivity index (χ1n) is 7.13. The van der Waals surface area contributed by atoms with Gasteiger partial charge in [-0.2, -0.15) is 0 Å². The maximum atomic E-state index is 6.15. The van der Waals surface area contributed by atoms with E-state index >= 15 is 0 Å². The molecule has 0 radical (unpaired) electrons. The Morgan fingerprint density at radius 3 is 1.78 bits per heavy atom. The van der Waals surface area contributed by atoms with Crippen LogP contribution in [0.3, 0.4) is 0 Å². The molecule has 0 aliphatic heterocycles. The van der Waals surface area contributed by atoms with E-state index in [2.05, 4.69) is 62.3 Å². The maximum Gasteiger partial charge on any atom is 0.0652 e. The first-order chi connectivity index (χ1) is 7.81. The van der Waals surface area contributed by atoms with Gasteiger partial charge in [0.15, 0.2) is 0 Å². The van der Waals surface area contributed by atoms with Crippen LogP contribution in [-0.2, 0) is 9.47 Å². The highest BCUT2D eigenvalue weighted by atomic mass is 16.5. The predicted octanol–water partition coefficient (Wildman–Crippen LogP) is 4.81. The molecule has 0 saturated heterocycles. The molecule has 2 nitrogen and oxygen atoms in total. The average molecular weight is 258 g/mol. The minimum Gasteiger partial charge on any atom is -0.376 e. The van der Waals surface area contributed by atoms with Crippen LogP contribution in [0.2, 0.25) is 0 Å². The number of hydrogen-bond donors (Lipinski definition) is 0. The fourth-order valence-corrected chi connectivity index (χ4v) is 2.11. The maximum absolute atomic E-state index is 6.15. The summed E-state index contributed by atoms with van der Waals surface area (Å²) in [5, 5.41) is 0. The first-order valence-corrected chi connectivity index (χ1v) is 7.13. The van der Waals surface area contributed by atoms with Gasteiger partial charge in [0.2, 0.25) is 0 Å². The van der Waals surface area contributed by atoms with Crippen LogP contribution in [0.25, 0.3) is 0 Å². The molecule has 0 heterocycles. The molecule has 2 heteroatoms. The number of hydrogen-bond acceptors (Lipinski definition) is 2. The van der Waals surface area contributed by atoms with Crippen molar-refractivity contribution in [2.45, 2.75) is 92.5 Å². The largest absolute Gasteiger partial charge is 0.376 e. The molecule has 0 saturated carbocycles. The van der Waals surface area contributed by atoms with Gasteiger partial charge in [-0.3, -0.25) is 0 Å². The highest BCUT2D eigenvalue weighted by Gasteiger charge is 2.25. The topological polar surface area (TPSA) is 18.5 Å². The lowest BCUT2D eigenvalue weighted by Crippen LogP contribution is -2.33. The summed E-state index contributed by atoms with van der Waals surface area (Å²) in [6.07, 6.45) is 2.30. The Balaban J connectivity index is 4.07. The summed E-state index contributed by atoms with van der Waals surface area (Å²) in [5.74, 6) is 0. The van der Waals surface area contributed by atoms with Crippen LogP contribution in [0.15, 0.2) is 0 Å². The van der Waals surface area contributed by atoms with E-state index in [9.17, 15) is 0 Å². The zero-order valence-electron chi connectivity index (χ0n) is 14.0. The van der Waals surface area contributed by atoms with E-state index in [1.807, 2.05) is 0 Å². The van der Waals surface area contributed by atoms with Crippen molar-refractivity contribution in [3.8, 4) is 0 Å². The van der Waals surface area contributed by atoms with Crippen LogP contribution in [0.4, 0.5) is 0 Å². The van der Waals surface area contributed by atoms with Gasteiger partial charge in [-0.15, -0.1) is 0 Å². The Labute approximate surface area is 114 Å². The van der Waals surface area contributed by atoms with E-state index in [-0.39, 0.29) is 17.3 Å². The smallest absolute Gasteiger partial charge is 0.0652 e. The van der Waals surface area contributed by atoms with Crippen molar-refractivity contribution in [3.63, 3.8) is 0 Å². The lowest BCUT2D eigenvalue weighted by molar-refractivity contribution is -0.102. The van der Waals surface area contributed by atoms with Gasteiger partial charge in [-0.25, -0.2) is 0 Å². The van der Waals surface area contributed by atoms with Crippen molar-refractivity contribution < 1.29 is 9.47 Å². The zero-order chi connectivity index (χ0) is 14.6. The van der Waals surface area contributed by atoms with E-state index < -0.39 is 0 Å². The van der Waals surface area contributed by atoms with E-state index in [1.54, 1.807) is 0 Å². The fraction of sp³-hybridized carbons (Fsp3) is 1.00. The molecule has 18 heavy (non-hydrogen) atoms. The van der Waals surface area contributed by atoms with Crippen LogP contribution < -0.4 is 0 Å². The van der Waals surface area contributed by atoms with Gasteiger partial charge >= 0.3 is 0 Å². The van der Waals surface area contributed by atoms with Crippen LogP contribution in [0, 0.1) is 5.41 Å². The molecule has 1 atom stereocenters.